The van der Waals surface area contributed by atoms with Gasteiger partial charge in [0.15, 0.2) is 12.4 Å². The van der Waals surface area contributed by atoms with E-state index in [1.807, 2.05) is 66.7 Å². The third kappa shape index (κ3) is 4.14. The zero-order chi connectivity index (χ0) is 21.9. The van der Waals surface area contributed by atoms with Crippen molar-refractivity contribution in [2.24, 2.45) is 0 Å². The van der Waals surface area contributed by atoms with Crippen LogP contribution in [-0.2, 0) is 11.2 Å². The summed E-state index contributed by atoms with van der Waals surface area (Å²) in [5, 5.41) is 6.32. The Bertz CT molecular complexity index is 1250. The highest BCUT2D eigenvalue weighted by Gasteiger charge is 2.35. The molecule has 0 radical (unpaired) electrons. The van der Waals surface area contributed by atoms with E-state index in [0.29, 0.717) is 37.0 Å². The molecule has 162 valence electrons. The number of para-hydroxylation sites is 1. The minimum Gasteiger partial charge on any atom is -0.496 e. The molecule has 1 aliphatic heterocycles. The SMILES string of the molecule is COc1ccccc1Cc1noc(C2CN(C(=O)COc3ccc4ccccc4c3)C2)n1. The third-order valence-corrected chi connectivity index (χ3v) is 5.69. The molecule has 2 heterocycles. The van der Waals surface area contributed by atoms with Crippen molar-refractivity contribution in [3.05, 3.63) is 84.0 Å². The number of likely N-dealkylation sites (tertiary alicyclic amines) is 1. The van der Waals surface area contributed by atoms with E-state index in [9.17, 15) is 4.79 Å². The van der Waals surface area contributed by atoms with Gasteiger partial charge in [-0.05, 0) is 29.0 Å². The Morgan fingerprint density at radius 2 is 1.84 bits per heavy atom. The maximum atomic E-state index is 12.5. The van der Waals surface area contributed by atoms with Crippen LogP contribution in [0.3, 0.4) is 0 Å². The van der Waals surface area contributed by atoms with Crippen molar-refractivity contribution in [2.45, 2.75) is 12.3 Å². The van der Waals surface area contributed by atoms with Crippen LogP contribution < -0.4 is 9.47 Å². The highest BCUT2D eigenvalue weighted by Crippen LogP contribution is 2.27. The number of methoxy groups -OCH3 is 1. The molecule has 4 aromatic rings. The number of ether oxygens (including phenoxy) is 2. The van der Waals surface area contributed by atoms with Crippen molar-refractivity contribution >= 4 is 16.7 Å². The summed E-state index contributed by atoms with van der Waals surface area (Å²) < 4.78 is 16.5. The molecule has 7 nitrogen and oxygen atoms in total. The van der Waals surface area contributed by atoms with Gasteiger partial charge >= 0.3 is 0 Å². The first-order valence-corrected chi connectivity index (χ1v) is 10.5. The zero-order valence-electron chi connectivity index (χ0n) is 17.7. The lowest BCUT2D eigenvalue weighted by atomic mass is 10.00. The summed E-state index contributed by atoms with van der Waals surface area (Å²) in [5.41, 5.74) is 0.999. The Morgan fingerprint density at radius 1 is 1.06 bits per heavy atom. The standard InChI is InChI=1S/C25H23N3O4/c1-30-22-9-5-4-8-19(22)13-23-26-25(32-27-23)20-14-28(15-20)24(29)16-31-21-11-10-17-6-2-3-7-18(17)12-21/h2-12,20H,13-16H2,1H3. The average molecular weight is 429 g/mol. The van der Waals surface area contributed by atoms with Gasteiger partial charge in [-0.25, -0.2) is 0 Å². The molecule has 0 saturated carbocycles. The van der Waals surface area contributed by atoms with Crippen molar-refractivity contribution in [3.8, 4) is 11.5 Å². The fourth-order valence-corrected chi connectivity index (χ4v) is 3.86. The summed E-state index contributed by atoms with van der Waals surface area (Å²) in [6, 6.07) is 21.6. The largest absolute Gasteiger partial charge is 0.496 e. The molecule has 32 heavy (non-hydrogen) atoms. The number of rotatable bonds is 7. The fourth-order valence-electron chi connectivity index (χ4n) is 3.86. The van der Waals surface area contributed by atoms with Crippen LogP contribution >= 0.6 is 0 Å². The summed E-state index contributed by atoms with van der Waals surface area (Å²) in [4.78, 5) is 18.7. The second kappa shape index (κ2) is 8.70. The highest BCUT2D eigenvalue weighted by molar-refractivity contribution is 5.84. The lowest BCUT2D eigenvalue weighted by Gasteiger charge is -2.36. The van der Waals surface area contributed by atoms with Crippen LogP contribution in [0.2, 0.25) is 0 Å². The van der Waals surface area contributed by atoms with E-state index < -0.39 is 0 Å². The number of benzene rings is 3. The molecule has 0 N–H and O–H groups in total. The number of carbonyl (C=O) groups is 1. The Kier molecular flexibility index (Phi) is 5.46. The molecular weight excluding hydrogens is 406 g/mol. The minimum atomic E-state index is -0.0526. The molecule has 1 fully saturated rings. The number of nitrogens with zero attached hydrogens (tertiary/aromatic N) is 3. The lowest BCUT2D eigenvalue weighted by Crippen LogP contribution is -2.50. The summed E-state index contributed by atoms with van der Waals surface area (Å²) in [6.07, 6.45) is 0.530. The number of fused-ring (bicyclic) bond motifs is 1. The first kappa shape index (κ1) is 20.1. The normalized spacial score (nSPS) is 13.7. The van der Waals surface area contributed by atoms with E-state index in [1.54, 1.807) is 12.0 Å². The smallest absolute Gasteiger partial charge is 0.260 e. The lowest BCUT2D eigenvalue weighted by molar-refractivity contribution is -0.138. The molecular formula is C25H23N3O4. The molecule has 3 aromatic carbocycles. The molecule has 0 spiro atoms. The van der Waals surface area contributed by atoms with Crippen LogP contribution in [0.4, 0.5) is 0 Å². The molecule has 1 amide bonds. The van der Waals surface area contributed by atoms with Crippen LogP contribution in [0.1, 0.15) is 23.2 Å². The van der Waals surface area contributed by atoms with Gasteiger partial charge in [-0.15, -0.1) is 0 Å². The van der Waals surface area contributed by atoms with Gasteiger partial charge in [0.1, 0.15) is 11.5 Å². The molecule has 0 atom stereocenters. The minimum absolute atomic E-state index is 0.00788. The molecule has 0 aliphatic carbocycles. The van der Waals surface area contributed by atoms with E-state index in [-0.39, 0.29) is 18.4 Å². The Hall–Kier alpha value is -3.87. The van der Waals surface area contributed by atoms with Gasteiger partial charge in [0.05, 0.1) is 13.0 Å². The first-order chi connectivity index (χ1) is 15.7. The average Bonchev–Trinajstić information content (AvgIpc) is 3.24. The summed E-state index contributed by atoms with van der Waals surface area (Å²) in [6.45, 7) is 1.11. The predicted octanol–water partition coefficient (Wildman–Crippen LogP) is 3.83. The summed E-state index contributed by atoms with van der Waals surface area (Å²) in [7, 11) is 1.64. The first-order valence-electron chi connectivity index (χ1n) is 10.5. The van der Waals surface area contributed by atoms with Crippen molar-refractivity contribution in [2.75, 3.05) is 26.8 Å². The quantitative estimate of drug-likeness (QED) is 0.444. The van der Waals surface area contributed by atoms with E-state index in [1.165, 1.54) is 0 Å². The number of hydrogen-bond donors (Lipinski definition) is 0. The third-order valence-electron chi connectivity index (χ3n) is 5.69. The van der Waals surface area contributed by atoms with Crippen LogP contribution in [0, 0.1) is 0 Å². The Balaban J connectivity index is 1.13. The number of hydrogen-bond acceptors (Lipinski definition) is 6. The van der Waals surface area contributed by atoms with Crippen LogP contribution in [0.25, 0.3) is 10.8 Å². The van der Waals surface area contributed by atoms with E-state index in [0.717, 1.165) is 22.1 Å². The van der Waals surface area contributed by atoms with Crippen molar-refractivity contribution in [1.82, 2.24) is 15.0 Å². The molecule has 1 aliphatic rings. The van der Waals surface area contributed by atoms with E-state index >= 15 is 0 Å². The summed E-state index contributed by atoms with van der Waals surface area (Å²) in [5.74, 6) is 2.66. The highest BCUT2D eigenvalue weighted by atomic mass is 16.5. The number of carbonyl (C=O) groups excluding carboxylic acids is 1. The Labute approximate surface area is 185 Å². The van der Waals surface area contributed by atoms with Crippen molar-refractivity contribution in [3.63, 3.8) is 0 Å². The molecule has 0 bridgehead atoms. The van der Waals surface area contributed by atoms with Gasteiger partial charge in [-0.2, -0.15) is 4.98 Å². The van der Waals surface area contributed by atoms with Crippen LogP contribution in [0.5, 0.6) is 11.5 Å². The van der Waals surface area contributed by atoms with Crippen molar-refractivity contribution in [1.29, 1.82) is 0 Å². The molecule has 1 saturated heterocycles. The molecule has 5 rings (SSSR count). The van der Waals surface area contributed by atoms with E-state index in [2.05, 4.69) is 10.1 Å². The summed E-state index contributed by atoms with van der Waals surface area (Å²) >= 11 is 0. The molecule has 7 heteroatoms. The van der Waals surface area contributed by atoms with E-state index in [4.69, 9.17) is 14.0 Å². The monoisotopic (exact) mass is 429 g/mol. The van der Waals surface area contributed by atoms with Crippen LogP contribution in [-0.4, -0.2) is 47.8 Å². The van der Waals surface area contributed by atoms with Gasteiger partial charge in [0.25, 0.3) is 5.91 Å². The second-order valence-corrected chi connectivity index (χ2v) is 7.83. The Morgan fingerprint density at radius 3 is 2.69 bits per heavy atom. The molecule has 0 unspecified atom stereocenters. The fraction of sp³-hybridized carbons (Fsp3) is 0.240. The maximum Gasteiger partial charge on any atom is 0.260 e. The van der Waals surface area contributed by atoms with Gasteiger partial charge in [0, 0.05) is 25.1 Å². The predicted molar refractivity (Wildman–Crippen MR) is 119 cm³/mol. The number of amides is 1. The molecule has 1 aromatic heterocycles. The van der Waals surface area contributed by atoms with Gasteiger partial charge in [-0.1, -0.05) is 53.7 Å². The van der Waals surface area contributed by atoms with Gasteiger partial charge in [-0.3, -0.25) is 4.79 Å². The zero-order valence-corrected chi connectivity index (χ0v) is 17.7. The van der Waals surface area contributed by atoms with Gasteiger partial charge in [0.2, 0.25) is 5.89 Å². The maximum absolute atomic E-state index is 12.5. The second-order valence-electron chi connectivity index (χ2n) is 7.83. The van der Waals surface area contributed by atoms with Crippen LogP contribution in [0.15, 0.2) is 71.3 Å². The topological polar surface area (TPSA) is 77.7 Å². The number of aromatic nitrogens is 2. The van der Waals surface area contributed by atoms with Gasteiger partial charge < -0.3 is 18.9 Å². The van der Waals surface area contributed by atoms with Crippen molar-refractivity contribution < 1.29 is 18.8 Å².